The minimum absolute atomic E-state index is 0. The third kappa shape index (κ3) is 4.20. The van der Waals surface area contributed by atoms with Crippen molar-refractivity contribution in [3.63, 3.8) is 0 Å². The van der Waals surface area contributed by atoms with Gasteiger partial charge in [-0.1, -0.05) is 25.0 Å². The van der Waals surface area contributed by atoms with Crippen LogP contribution in [0.1, 0.15) is 41.6 Å². The summed E-state index contributed by atoms with van der Waals surface area (Å²) < 4.78 is 0. The van der Waals surface area contributed by atoms with E-state index in [1.165, 1.54) is 0 Å². The minimum Gasteiger partial charge on any atom is -0.396 e. The number of carbonyl (C=O) groups is 1. The van der Waals surface area contributed by atoms with Gasteiger partial charge in [-0.15, -0.1) is 12.4 Å². The van der Waals surface area contributed by atoms with Crippen molar-refractivity contribution in [2.75, 3.05) is 6.61 Å². The van der Waals surface area contributed by atoms with Crippen LogP contribution in [0.2, 0.25) is 0 Å². The van der Waals surface area contributed by atoms with Crippen LogP contribution in [0, 0.1) is 5.92 Å². The molecule has 1 aliphatic carbocycles. The average Bonchev–Trinajstić information content (AvgIpc) is 2.48. The fourth-order valence-electron chi connectivity index (χ4n) is 2.66. The maximum atomic E-state index is 12.2. The molecule has 4 N–H and O–H groups in total. The molecule has 1 aromatic carbocycles. The second-order valence-corrected chi connectivity index (χ2v) is 5.21. The van der Waals surface area contributed by atoms with Crippen LogP contribution in [-0.4, -0.2) is 23.7 Å². The lowest BCUT2D eigenvalue weighted by atomic mass is 9.85. The molecule has 0 aliphatic heterocycles. The second-order valence-electron chi connectivity index (χ2n) is 5.21. The fraction of sp³-hybridized carbons (Fsp3) is 0.533. The Balaban J connectivity index is 0.00000200. The van der Waals surface area contributed by atoms with Gasteiger partial charge in [0.2, 0.25) is 0 Å². The molecule has 0 aromatic heterocycles. The third-order valence-corrected chi connectivity index (χ3v) is 3.91. The van der Waals surface area contributed by atoms with Crippen LogP contribution in [0.15, 0.2) is 24.3 Å². The number of rotatable bonds is 4. The summed E-state index contributed by atoms with van der Waals surface area (Å²) in [5, 5.41) is 12.4. The van der Waals surface area contributed by atoms with Crippen molar-refractivity contribution in [2.45, 2.75) is 38.3 Å². The van der Waals surface area contributed by atoms with Crippen molar-refractivity contribution in [2.24, 2.45) is 11.7 Å². The molecular weight excluding hydrogens is 276 g/mol. The molecule has 20 heavy (non-hydrogen) atoms. The van der Waals surface area contributed by atoms with Crippen LogP contribution in [0.25, 0.3) is 0 Å². The standard InChI is InChI=1S/C15H22N2O2.ClH/c16-9-11-5-7-12(8-6-11)15(19)17-14-4-2-1-3-13(14)10-18;/h5-8,13-14,18H,1-4,9-10,16H2,(H,17,19);1H. The average molecular weight is 299 g/mol. The number of aliphatic hydroxyl groups is 1. The molecule has 1 saturated carbocycles. The van der Waals surface area contributed by atoms with Crippen LogP contribution in [0.4, 0.5) is 0 Å². The Labute approximate surface area is 126 Å². The van der Waals surface area contributed by atoms with E-state index in [2.05, 4.69) is 5.32 Å². The summed E-state index contributed by atoms with van der Waals surface area (Å²) in [5.41, 5.74) is 7.20. The van der Waals surface area contributed by atoms with Crippen molar-refractivity contribution >= 4 is 18.3 Å². The predicted molar refractivity (Wildman–Crippen MR) is 81.9 cm³/mol. The lowest BCUT2D eigenvalue weighted by Crippen LogP contribution is -2.43. The van der Waals surface area contributed by atoms with E-state index in [9.17, 15) is 9.90 Å². The molecule has 0 heterocycles. The lowest BCUT2D eigenvalue weighted by Gasteiger charge is -2.30. The van der Waals surface area contributed by atoms with Crippen molar-refractivity contribution in [1.82, 2.24) is 5.32 Å². The zero-order chi connectivity index (χ0) is 13.7. The number of halogens is 1. The van der Waals surface area contributed by atoms with E-state index in [1.54, 1.807) is 12.1 Å². The van der Waals surface area contributed by atoms with E-state index >= 15 is 0 Å². The van der Waals surface area contributed by atoms with Crippen molar-refractivity contribution in [1.29, 1.82) is 0 Å². The first kappa shape index (κ1) is 17.0. The Bertz CT molecular complexity index is 422. The molecule has 5 heteroatoms. The highest BCUT2D eigenvalue weighted by atomic mass is 35.5. The number of benzene rings is 1. The van der Waals surface area contributed by atoms with Gasteiger partial charge >= 0.3 is 0 Å². The van der Waals surface area contributed by atoms with E-state index in [0.29, 0.717) is 12.1 Å². The Morgan fingerprint density at radius 3 is 2.50 bits per heavy atom. The Hall–Kier alpha value is -1.10. The van der Waals surface area contributed by atoms with Gasteiger partial charge in [0.1, 0.15) is 0 Å². The van der Waals surface area contributed by atoms with Crippen LogP contribution >= 0.6 is 12.4 Å². The first-order chi connectivity index (χ1) is 9.24. The summed E-state index contributed by atoms with van der Waals surface area (Å²) in [7, 11) is 0. The number of amides is 1. The highest BCUT2D eigenvalue weighted by molar-refractivity contribution is 5.94. The molecule has 2 unspecified atom stereocenters. The van der Waals surface area contributed by atoms with Crippen molar-refractivity contribution in [3.05, 3.63) is 35.4 Å². The maximum absolute atomic E-state index is 12.2. The first-order valence-corrected chi connectivity index (χ1v) is 6.95. The van der Waals surface area contributed by atoms with Gasteiger partial charge < -0.3 is 16.2 Å². The van der Waals surface area contributed by atoms with Gasteiger partial charge in [-0.05, 0) is 30.5 Å². The van der Waals surface area contributed by atoms with Gasteiger partial charge in [-0.3, -0.25) is 4.79 Å². The van der Waals surface area contributed by atoms with Crippen LogP contribution < -0.4 is 11.1 Å². The summed E-state index contributed by atoms with van der Waals surface area (Å²) in [6.07, 6.45) is 4.21. The van der Waals surface area contributed by atoms with E-state index in [1.807, 2.05) is 12.1 Å². The normalized spacial score (nSPS) is 21.9. The SMILES string of the molecule is Cl.NCc1ccc(C(=O)NC2CCCCC2CO)cc1. The largest absolute Gasteiger partial charge is 0.396 e. The lowest BCUT2D eigenvalue weighted by molar-refractivity contribution is 0.0872. The number of hydrogen-bond acceptors (Lipinski definition) is 3. The molecule has 112 valence electrons. The molecule has 0 spiro atoms. The molecule has 2 rings (SSSR count). The van der Waals surface area contributed by atoms with E-state index in [4.69, 9.17) is 5.73 Å². The zero-order valence-electron chi connectivity index (χ0n) is 11.5. The van der Waals surface area contributed by atoms with E-state index in [0.717, 1.165) is 31.2 Å². The summed E-state index contributed by atoms with van der Waals surface area (Å²) in [6.45, 7) is 0.633. The monoisotopic (exact) mass is 298 g/mol. The maximum Gasteiger partial charge on any atom is 0.251 e. The second kappa shape index (κ2) is 8.25. The van der Waals surface area contributed by atoms with E-state index < -0.39 is 0 Å². The third-order valence-electron chi connectivity index (χ3n) is 3.91. The number of hydrogen-bond donors (Lipinski definition) is 3. The molecular formula is C15H23ClN2O2. The molecule has 0 radical (unpaired) electrons. The molecule has 1 fully saturated rings. The molecule has 0 bridgehead atoms. The highest BCUT2D eigenvalue weighted by Gasteiger charge is 2.25. The number of nitrogens with one attached hydrogen (secondary N) is 1. The van der Waals surface area contributed by atoms with Crippen molar-refractivity contribution in [3.8, 4) is 0 Å². The van der Waals surface area contributed by atoms with E-state index in [-0.39, 0.29) is 36.9 Å². The predicted octanol–water partition coefficient (Wildman–Crippen LogP) is 1.85. The Kier molecular flexibility index (Phi) is 6.99. The smallest absolute Gasteiger partial charge is 0.251 e. The molecule has 1 aliphatic rings. The minimum atomic E-state index is -0.0612. The number of nitrogens with two attached hydrogens (primary N) is 1. The van der Waals surface area contributed by atoms with Crippen molar-refractivity contribution < 1.29 is 9.90 Å². The van der Waals surface area contributed by atoms with Crippen LogP contribution in [0.3, 0.4) is 0 Å². The Morgan fingerprint density at radius 1 is 1.25 bits per heavy atom. The molecule has 1 aromatic rings. The quantitative estimate of drug-likeness (QED) is 0.794. The summed E-state index contributed by atoms with van der Waals surface area (Å²) >= 11 is 0. The van der Waals surface area contributed by atoms with Gasteiger partial charge in [-0.2, -0.15) is 0 Å². The highest BCUT2D eigenvalue weighted by Crippen LogP contribution is 2.24. The number of aliphatic hydroxyl groups excluding tert-OH is 1. The summed E-state index contributed by atoms with van der Waals surface area (Å²) in [4.78, 5) is 12.2. The molecule has 1 amide bonds. The molecule has 0 saturated heterocycles. The van der Waals surface area contributed by atoms with Crippen LogP contribution in [-0.2, 0) is 6.54 Å². The fourth-order valence-corrected chi connectivity index (χ4v) is 2.66. The van der Waals surface area contributed by atoms with Gasteiger partial charge in [0, 0.05) is 30.7 Å². The Morgan fingerprint density at radius 2 is 1.90 bits per heavy atom. The van der Waals surface area contributed by atoms with Gasteiger partial charge in [-0.25, -0.2) is 0 Å². The summed E-state index contributed by atoms with van der Waals surface area (Å²) in [6, 6.07) is 7.45. The first-order valence-electron chi connectivity index (χ1n) is 6.95. The topological polar surface area (TPSA) is 75.4 Å². The van der Waals surface area contributed by atoms with Gasteiger partial charge in [0.15, 0.2) is 0 Å². The summed E-state index contributed by atoms with van der Waals surface area (Å²) in [5.74, 6) is 0.134. The van der Waals surface area contributed by atoms with Gasteiger partial charge in [0.05, 0.1) is 0 Å². The zero-order valence-corrected chi connectivity index (χ0v) is 12.4. The molecule has 4 nitrogen and oxygen atoms in total. The van der Waals surface area contributed by atoms with Crippen LogP contribution in [0.5, 0.6) is 0 Å². The number of carbonyl (C=O) groups excluding carboxylic acids is 1. The molecule has 2 atom stereocenters. The van der Waals surface area contributed by atoms with Gasteiger partial charge in [0.25, 0.3) is 5.91 Å².